The summed E-state index contributed by atoms with van der Waals surface area (Å²) < 4.78 is 4.83. The van der Waals surface area contributed by atoms with Gasteiger partial charge in [-0.1, -0.05) is 5.16 Å². The second-order valence-corrected chi connectivity index (χ2v) is 4.71. The molecule has 2 aromatic heterocycles. The van der Waals surface area contributed by atoms with E-state index >= 15 is 0 Å². The smallest absolute Gasteiger partial charge is 0.355 e. The molecule has 0 saturated carbocycles. The largest absolute Gasteiger partial charge is 0.476 e. The standard InChI is InChI=1S/C11H12N4O4S/c16-10(17)8-6-20-9(15-8)2-3-12-11(18)13-5-7-1-4-14-19-7/h1,4,6H,2-3,5H2,(H,16,17)(H2,12,13,18). The molecule has 0 bridgehead atoms. The predicted octanol–water partition coefficient (Wildman–Crippen LogP) is 0.871. The van der Waals surface area contributed by atoms with Gasteiger partial charge in [0.1, 0.15) is 0 Å². The van der Waals surface area contributed by atoms with E-state index in [9.17, 15) is 9.59 Å². The minimum Gasteiger partial charge on any atom is -0.476 e. The van der Waals surface area contributed by atoms with Gasteiger partial charge in [0.2, 0.25) is 0 Å². The van der Waals surface area contributed by atoms with Gasteiger partial charge in [-0.2, -0.15) is 0 Å². The van der Waals surface area contributed by atoms with Crippen molar-refractivity contribution in [1.82, 2.24) is 20.8 Å². The molecular formula is C11H12N4O4S. The number of nitrogens with one attached hydrogen (secondary N) is 2. The van der Waals surface area contributed by atoms with Crippen LogP contribution in [0.5, 0.6) is 0 Å². The average Bonchev–Trinajstić information content (AvgIpc) is 3.07. The first-order valence-corrected chi connectivity index (χ1v) is 6.62. The molecule has 2 rings (SSSR count). The van der Waals surface area contributed by atoms with Gasteiger partial charge in [-0.25, -0.2) is 14.6 Å². The first kappa shape index (κ1) is 14.0. The second-order valence-electron chi connectivity index (χ2n) is 3.77. The van der Waals surface area contributed by atoms with Crippen molar-refractivity contribution in [1.29, 1.82) is 0 Å². The van der Waals surface area contributed by atoms with E-state index in [0.29, 0.717) is 23.7 Å². The fourth-order valence-electron chi connectivity index (χ4n) is 1.37. The number of carbonyl (C=O) groups is 2. The van der Waals surface area contributed by atoms with Crippen LogP contribution in [-0.2, 0) is 13.0 Å². The lowest BCUT2D eigenvalue weighted by Gasteiger charge is -2.04. The lowest BCUT2D eigenvalue weighted by molar-refractivity contribution is 0.0691. The molecule has 9 heteroatoms. The van der Waals surface area contributed by atoms with Crippen LogP contribution in [-0.4, -0.2) is 33.8 Å². The number of carboxylic acid groups (broad SMARTS) is 1. The highest BCUT2D eigenvalue weighted by molar-refractivity contribution is 7.09. The lowest BCUT2D eigenvalue weighted by Crippen LogP contribution is -2.36. The van der Waals surface area contributed by atoms with E-state index in [-0.39, 0.29) is 18.3 Å². The number of thiazole rings is 1. The van der Waals surface area contributed by atoms with E-state index in [4.69, 9.17) is 9.63 Å². The second kappa shape index (κ2) is 6.66. The number of carboxylic acids is 1. The zero-order valence-corrected chi connectivity index (χ0v) is 11.1. The Morgan fingerprint density at radius 1 is 1.40 bits per heavy atom. The van der Waals surface area contributed by atoms with E-state index < -0.39 is 5.97 Å². The Labute approximate surface area is 117 Å². The van der Waals surface area contributed by atoms with Gasteiger partial charge in [-0.05, 0) is 0 Å². The molecule has 2 heterocycles. The number of rotatable bonds is 6. The minimum atomic E-state index is -1.05. The predicted molar refractivity (Wildman–Crippen MR) is 69.5 cm³/mol. The van der Waals surface area contributed by atoms with E-state index in [1.165, 1.54) is 22.9 Å². The maximum Gasteiger partial charge on any atom is 0.355 e. The van der Waals surface area contributed by atoms with Crippen LogP contribution in [0, 0.1) is 0 Å². The van der Waals surface area contributed by atoms with Crippen molar-refractivity contribution in [2.75, 3.05) is 6.54 Å². The first-order chi connectivity index (χ1) is 9.65. The molecule has 0 saturated heterocycles. The van der Waals surface area contributed by atoms with Crippen LogP contribution in [0.1, 0.15) is 21.3 Å². The zero-order chi connectivity index (χ0) is 14.4. The molecule has 0 radical (unpaired) electrons. The molecular weight excluding hydrogens is 284 g/mol. The van der Waals surface area contributed by atoms with Crippen molar-refractivity contribution in [2.24, 2.45) is 0 Å². The molecule has 20 heavy (non-hydrogen) atoms. The molecule has 106 valence electrons. The highest BCUT2D eigenvalue weighted by Crippen LogP contribution is 2.09. The summed E-state index contributed by atoms with van der Waals surface area (Å²) in [7, 11) is 0. The summed E-state index contributed by atoms with van der Waals surface area (Å²) in [5.41, 5.74) is 0.0276. The Morgan fingerprint density at radius 3 is 2.90 bits per heavy atom. The Morgan fingerprint density at radius 2 is 2.25 bits per heavy atom. The number of hydrogen-bond donors (Lipinski definition) is 3. The van der Waals surface area contributed by atoms with Crippen LogP contribution in [0.3, 0.4) is 0 Å². The third kappa shape index (κ3) is 4.05. The number of hydrogen-bond acceptors (Lipinski definition) is 6. The van der Waals surface area contributed by atoms with E-state index in [2.05, 4.69) is 20.8 Å². The monoisotopic (exact) mass is 296 g/mol. The van der Waals surface area contributed by atoms with Crippen molar-refractivity contribution in [2.45, 2.75) is 13.0 Å². The Bertz CT molecular complexity index is 581. The Balaban J connectivity index is 1.67. The number of carbonyl (C=O) groups excluding carboxylic acids is 1. The summed E-state index contributed by atoms with van der Waals surface area (Å²) in [6, 6.07) is 1.32. The molecule has 0 aliphatic rings. The topological polar surface area (TPSA) is 117 Å². The molecule has 0 aromatic carbocycles. The summed E-state index contributed by atoms with van der Waals surface area (Å²) in [4.78, 5) is 26.0. The molecule has 3 N–H and O–H groups in total. The van der Waals surface area contributed by atoms with Crippen LogP contribution >= 0.6 is 11.3 Å². The molecule has 0 unspecified atom stereocenters. The van der Waals surface area contributed by atoms with Gasteiger partial charge in [0, 0.05) is 24.4 Å². The molecule has 2 amide bonds. The summed E-state index contributed by atoms with van der Waals surface area (Å²) in [6.07, 6.45) is 1.98. The van der Waals surface area contributed by atoms with Gasteiger partial charge in [0.05, 0.1) is 17.7 Å². The van der Waals surface area contributed by atoms with Crippen LogP contribution < -0.4 is 10.6 Å². The summed E-state index contributed by atoms with van der Waals surface area (Å²) in [5.74, 6) is -0.489. The van der Waals surface area contributed by atoms with E-state index in [0.717, 1.165) is 0 Å². The Hall–Kier alpha value is -2.42. The van der Waals surface area contributed by atoms with Gasteiger partial charge in [-0.3, -0.25) is 0 Å². The van der Waals surface area contributed by atoms with Crippen LogP contribution in [0.2, 0.25) is 0 Å². The summed E-state index contributed by atoms with van der Waals surface area (Å²) in [6.45, 7) is 0.626. The fraction of sp³-hybridized carbons (Fsp3) is 0.273. The van der Waals surface area contributed by atoms with Crippen molar-refractivity contribution in [3.63, 3.8) is 0 Å². The zero-order valence-electron chi connectivity index (χ0n) is 10.3. The minimum absolute atomic E-state index is 0.0276. The van der Waals surface area contributed by atoms with Gasteiger partial charge in [0.15, 0.2) is 11.5 Å². The highest BCUT2D eigenvalue weighted by atomic mass is 32.1. The van der Waals surface area contributed by atoms with Gasteiger partial charge < -0.3 is 20.3 Å². The van der Waals surface area contributed by atoms with Crippen LogP contribution in [0.15, 0.2) is 22.2 Å². The molecule has 0 aliphatic heterocycles. The number of nitrogens with zero attached hydrogens (tertiary/aromatic N) is 2. The quantitative estimate of drug-likeness (QED) is 0.728. The average molecular weight is 296 g/mol. The number of amides is 2. The third-order valence-electron chi connectivity index (χ3n) is 2.31. The van der Waals surface area contributed by atoms with Gasteiger partial charge >= 0.3 is 12.0 Å². The molecule has 0 atom stereocenters. The third-order valence-corrected chi connectivity index (χ3v) is 3.22. The van der Waals surface area contributed by atoms with Gasteiger partial charge in [0.25, 0.3) is 0 Å². The van der Waals surface area contributed by atoms with Crippen molar-refractivity contribution >= 4 is 23.3 Å². The summed E-state index contributed by atoms with van der Waals surface area (Å²) in [5, 5.41) is 19.6. The number of urea groups is 1. The van der Waals surface area contributed by atoms with Crippen molar-refractivity contribution < 1.29 is 19.2 Å². The number of aromatic carboxylic acids is 1. The Kier molecular flexibility index (Phi) is 4.66. The normalized spacial score (nSPS) is 10.2. The van der Waals surface area contributed by atoms with E-state index in [1.54, 1.807) is 6.07 Å². The van der Waals surface area contributed by atoms with Crippen molar-refractivity contribution in [3.8, 4) is 0 Å². The SMILES string of the molecule is O=C(NCCc1nc(C(=O)O)cs1)NCc1ccno1. The first-order valence-electron chi connectivity index (χ1n) is 5.74. The molecule has 2 aromatic rings. The fourth-order valence-corrected chi connectivity index (χ4v) is 2.14. The highest BCUT2D eigenvalue weighted by Gasteiger charge is 2.08. The van der Waals surface area contributed by atoms with Gasteiger partial charge in [-0.15, -0.1) is 11.3 Å². The molecule has 0 fully saturated rings. The maximum absolute atomic E-state index is 11.4. The lowest BCUT2D eigenvalue weighted by atomic mass is 10.4. The summed E-state index contributed by atoms with van der Waals surface area (Å²) >= 11 is 1.25. The molecule has 0 aliphatic carbocycles. The molecule has 0 spiro atoms. The maximum atomic E-state index is 11.4. The van der Waals surface area contributed by atoms with Crippen molar-refractivity contribution in [3.05, 3.63) is 34.1 Å². The number of aromatic nitrogens is 2. The van der Waals surface area contributed by atoms with Crippen LogP contribution in [0.25, 0.3) is 0 Å². The van der Waals surface area contributed by atoms with E-state index in [1.807, 2.05) is 0 Å². The van der Waals surface area contributed by atoms with Crippen LogP contribution in [0.4, 0.5) is 4.79 Å². The molecule has 8 nitrogen and oxygen atoms in total.